The lowest BCUT2D eigenvalue weighted by atomic mass is 10.1. The molecule has 1 atom stereocenters. The highest BCUT2D eigenvalue weighted by Gasteiger charge is 2.24. The summed E-state index contributed by atoms with van der Waals surface area (Å²) in [6, 6.07) is 4.47. The van der Waals surface area contributed by atoms with Gasteiger partial charge in [-0.05, 0) is 12.1 Å². The fourth-order valence-electron chi connectivity index (χ4n) is 1.80. The SMILES string of the molecule is O=C(C[C@@H]1NCCNC1=O)Nc1cccc(Cl)c1Cl. The summed E-state index contributed by atoms with van der Waals surface area (Å²) in [4.78, 5) is 23.4. The first-order chi connectivity index (χ1) is 9.08. The molecule has 1 aliphatic heterocycles. The zero-order chi connectivity index (χ0) is 13.8. The van der Waals surface area contributed by atoms with E-state index in [0.29, 0.717) is 28.8 Å². The lowest BCUT2D eigenvalue weighted by Gasteiger charge is -2.23. The molecule has 102 valence electrons. The third-order valence-electron chi connectivity index (χ3n) is 2.75. The lowest BCUT2D eigenvalue weighted by Crippen LogP contribution is -2.53. The highest BCUT2D eigenvalue weighted by Crippen LogP contribution is 2.29. The van der Waals surface area contributed by atoms with E-state index in [0.717, 1.165) is 0 Å². The van der Waals surface area contributed by atoms with Crippen molar-refractivity contribution in [1.29, 1.82) is 0 Å². The number of anilines is 1. The third kappa shape index (κ3) is 3.59. The van der Waals surface area contributed by atoms with Gasteiger partial charge in [0.2, 0.25) is 11.8 Å². The van der Waals surface area contributed by atoms with Crippen molar-refractivity contribution in [2.75, 3.05) is 18.4 Å². The van der Waals surface area contributed by atoms with Crippen LogP contribution in [0.15, 0.2) is 18.2 Å². The Kier molecular flexibility index (Phi) is 4.63. The van der Waals surface area contributed by atoms with Crippen molar-refractivity contribution in [1.82, 2.24) is 10.6 Å². The number of amides is 2. The van der Waals surface area contributed by atoms with Gasteiger partial charge in [0, 0.05) is 13.1 Å². The van der Waals surface area contributed by atoms with Crippen molar-refractivity contribution >= 4 is 40.7 Å². The number of rotatable bonds is 3. The number of carbonyl (C=O) groups is 2. The Morgan fingerprint density at radius 1 is 1.37 bits per heavy atom. The van der Waals surface area contributed by atoms with Crippen LogP contribution < -0.4 is 16.0 Å². The minimum Gasteiger partial charge on any atom is -0.353 e. The highest BCUT2D eigenvalue weighted by molar-refractivity contribution is 6.43. The Labute approximate surface area is 120 Å². The maximum atomic E-state index is 11.9. The quantitative estimate of drug-likeness (QED) is 0.790. The fourth-order valence-corrected chi connectivity index (χ4v) is 2.15. The molecule has 7 heteroatoms. The molecule has 0 saturated carbocycles. The summed E-state index contributed by atoms with van der Waals surface area (Å²) < 4.78 is 0. The molecule has 2 amide bonds. The number of nitrogens with one attached hydrogen (secondary N) is 3. The van der Waals surface area contributed by atoms with Gasteiger partial charge in [-0.15, -0.1) is 0 Å². The molecule has 0 unspecified atom stereocenters. The number of piperazine rings is 1. The number of hydrogen-bond acceptors (Lipinski definition) is 3. The van der Waals surface area contributed by atoms with Crippen LogP contribution in [-0.2, 0) is 9.59 Å². The molecule has 3 N–H and O–H groups in total. The Hall–Kier alpha value is -1.30. The van der Waals surface area contributed by atoms with Crippen LogP contribution in [0.25, 0.3) is 0 Å². The highest BCUT2D eigenvalue weighted by atomic mass is 35.5. The molecular formula is C12H13Cl2N3O2. The van der Waals surface area contributed by atoms with Crippen LogP contribution in [0, 0.1) is 0 Å². The zero-order valence-electron chi connectivity index (χ0n) is 10.0. The molecule has 1 heterocycles. The number of halogens is 2. The van der Waals surface area contributed by atoms with E-state index in [9.17, 15) is 9.59 Å². The predicted octanol–water partition coefficient (Wildman–Crippen LogP) is 1.41. The van der Waals surface area contributed by atoms with Gasteiger partial charge < -0.3 is 16.0 Å². The Morgan fingerprint density at radius 3 is 2.89 bits per heavy atom. The Balaban J connectivity index is 1.97. The van der Waals surface area contributed by atoms with E-state index >= 15 is 0 Å². The summed E-state index contributed by atoms with van der Waals surface area (Å²) in [5, 5.41) is 8.98. The van der Waals surface area contributed by atoms with E-state index in [2.05, 4.69) is 16.0 Å². The molecule has 2 rings (SSSR count). The van der Waals surface area contributed by atoms with E-state index in [4.69, 9.17) is 23.2 Å². The molecule has 0 radical (unpaired) electrons. The lowest BCUT2D eigenvalue weighted by molar-refractivity contribution is -0.127. The molecule has 1 aliphatic rings. The minimum atomic E-state index is -0.508. The van der Waals surface area contributed by atoms with Gasteiger partial charge >= 0.3 is 0 Å². The van der Waals surface area contributed by atoms with Gasteiger partial charge in [-0.25, -0.2) is 0 Å². The maximum absolute atomic E-state index is 11.9. The summed E-state index contributed by atoms with van der Waals surface area (Å²) in [6.07, 6.45) is 0.0503. The van der Waals surface area contributed by atoms with Gasteiger partial charge in [-0.1, -0.05) is 29.3 Å². The van der Waals surface area contributed by atoms with Crippen LogP contribution in [0.1, 0.15) is 6.42 Å². The molecule has 0 aliphatic carbocycles. The van der Waals surface area contributed by atoms with Crippen LogP contribution in [0.2, 0.25) is 10.0 Å². The van der Waals surface area contributed by atoms with Gasteiger partial charge in [-0.3, -0.25) is 9.59 Å². The molecule has 1 aromatic carbocycles. The molecular weight excluding hydrogens is 289 g/mol. The van der Waals surface area contributed by atoms with Gasteiger partial charge in [-0.2, -0.15) is 0 Å². The van der Waals surface area contributed by atoms with Crippen LogP contribution >= 0.6 is 23.2 Å². The van der Waals surface area contributed by atoms with Crippen molar-refractivity contribution in [3.63, 3.8) is 0 Å². The normalized spacial score (nSPS) is 18.8. The largest absolute Gasteiger partial charge is 0.353 e. The molecule has 1 fully saturated rings. The first-order valence-electron chi connectivity index (χ1n) is 5.83. The second-order valence-electron chi connectivity index (χ2n) is 4.15. The van der Waals surface area contributed by atoms with Crippen molar-refractivity contribution in [2.45, 2.75) is 12.5 Å². The molecule has 1 aromatic rings. The van der Waals surface area contributed by atoms with Crippen molar-refractivity contribution < 1.29 is 9.59 Å². The average molecular weight is 302 g/mol. The summed E-state index contributed by atoms with van der Waals surface area (Å²) in [5.41, 5.74) is 0.440. The standard InChI is InChI=1S/C12H13Cl2N3O2/c13-7-2-1-3-8(11(7)14)17-10(18)6-9-12(19)16-5-4-15-9/h1-3,9,15H,4-6H2,(H,16,19)(H,17,18)/t9-/m0/s1. The molecule has 0 aromatic heterocycles. The minimum absolute atomic E-state index is 0.0503. The second kappa shape index (κ2) is 6.23. The van der Waals surface area contributed by atoms with Gasteiger partial charge in [0.1, 0.15) is 0 Å². The molecule has 1 saturated heterocycles. The second-order valence-corrected chi connectivity index (χ2v) is 4.94. The van der Waals surface area contributed by atoms with E-state index in [1.807, 2.05) is 0 Å². The van der Waals surface area contributed by atoms with E-state index in [1.54, 1.807) is 18.2 Å². The summed E-state index contributed by atoms with van der Waals surface area (Å²) in [6.45, 7) is 1.23. The summed E-state index contributed by atoms with van der Waals surface area (Å²) in [7, 11) is 0. The van der Waals surface area contributed by atoms with Crippen molar-refractivity contribution in [2.24, 2.45) is 0 Å². The maximum Gasteiger partial charge on any atom is 0.237 e. The number of carbonyl (C=O) groups excluding carboxylic acids is 2. The topological polar surface area (TPSA) is 70.2 Å². The van der Waals surface area contributed by atoms with Crippen LogP contribution in [0.4, 0.5) is 5.69 Å². The van der Waals surface area contributed by atoms with Crippen LogP contribution in [-0.4, -0.2) is 30.9 Å². The third-order valence-corrected chi connectivity index (χ3v) is 3.57. The van der Waals surface area contributed by atoms with Gasteiger partial charge in [0.15, 0.2) is 0 Å². The molecule has 0 bridgehead atoms. The van der Waals surface area contributed by atoms with Crippen LogP contribution in [0.3, 0.4) is 0 Å². The van der Waals surface area contributed by atoms with Crippen LogP contribution in [0.5, 0.6) is 0 Å². The smallest absolute Gasteiger partial charge is 0.237 e. The molecule has 19 heavy (non-hydrogen) atoms. The first-order valence-corrected chi connectivity index (χ1v) is 6.58. The van der Waals surface area contributed by atoms with Crippen molar-refractivity contribution in [3.05, 3.63) is 28.2 Å². The number of benzene rings is 1. The first kappa shape index (κ1) is 14.1. The van der Waals surface area contributed by atoms with Gasteiger partial charge in [0.25, 0.3) is 0 Å². The van der Waals surface area contributed by atoms with E-state index in [-0.39, 0.29) is 18.2 Å². The Morgan fingerprint density at radius 2 is 2.16 bits per heavy atom. The summed E-state index contributed by atoms with van der Waals surface area (Å²) >= 11 is 11.8. The fraction of sp³-hybridized carbons (Fsp3) is 0.333. The van der Waals surface area contributed by atoms with E-state index in [1.165, 1.54) is 0 Å². The number of hydrogen-bond donors (Lipinski definition) is 3. The molecule has 0 spiro atoms. The predicted molar refractivity (Wildman–Crippen MR) is 74.5 cm³/mol. The summed E-state index contributed by atoms with van der Waals surface area (Å²) in [5.74, 6) is -0.461. The van der Waals surface area contributed by atoms with Crippen molar-refractivity contribution in [3.8, 4) is 0 Å². The van der Waals surface area contributed by atoms with E-state index < -0.39 is 6.04 Å². The molecule has 5 nitrogen and oxygen atoms in total. The average Bonchev–Trinajstić information content (AvgIpc) is 2.38. The monoisotopic (exact) mass is 301 g/mol. The Bertz CT molecular complexity index is 508. The zero-order valence-corrected chi connectivity index (χ0v) is 11.5. The van der Waals surface area contributed by atoms with Gasteiger partial charge in [0.05, 0.1) is 28.2 Å².